The van der Waals surface area contributed by atoms with Crippen LogP contribution in [0.1, 0.15) is 44.2 Å². The van der Waals surface area contributed by atoms with Crippen molar-refractivity contribution >= 4 is 6.29 Å². The zero-order valence-corrected chi connectivity index (χ0v) is 13.9. The molecule has 1 aromatic rings. The molecule has 0 radical (unpaired) electrons. The number of nitrogens with zero attached hydrogens (tertiary/aromatic N) is 2. The van der Waals surface area contributed by atoms with Crippen molar-refractivity contribution < 1.29 is 4.79 Å². The maximum Gasteiger partial charge on any atom is 0.151 e. The molecule has 3 nitrogen and oxygen atoms in total. The van der Waals surface area contributed by atoms with E-state index in [0.29, 0.717) is 6.42 Å². The first-order chi connectivity index (χ1) is 10.8. The molecule has 2 rings (SSSR count). The smallest absolute Gasteiger partial charge is 0.151 e. The van der Waals surface area contributed by atoms with Crippen molar-refractivity contribution in [3.8, 4) is 12.1 Å². The van der Waals surface area contributed by atoms with E-state index in [0.717, 1.165) is 11.8 Å². The second kappa shape index (κ2) is 6.01. The van der Waals surface area contributed by atoms with Gasteiger partial charge < -0.3 is 4.79 Å². The van der Waals surface area contributed by atoms with Crippen LogP contribution in [-0.2, 0) is 10.2 Å². The summed E-state index contributed by atoms with van der Waals surface area (Å²) < 4.78 is 0. The third-order valence-electron chi connectivity index (χ3n) is 4.96. The molecule has 1 aromatic carbocycles. The maximum absolute atomic E-state index is 11.6. The molecular formula is C20H22N2O. The summed E-state index contributed by atoms with van der Waals surface area (Å²) >= 11 is 0. The molecule has 0 spiro atoms. The van der Waals surface area contributed by atoms with Gasteiger partial charge in [-0.15, -0.1) is 6.58 Å². The lowest BCUT2D eigenvalue weighted by Gasteiger charge is -2.26. The Labute approximate surface area is 138 Å². The Hall–Kier alpha value is -2.39. The van der Waals surface area contributed by atoms with E-state index in [1.54, 1.807) is 6.08 Å². The van der Waals surface area contributed by atoms with Crippen molar-refractivity contribution in [1.82, 2.24) is 0 Å². The van der Waals surface area contributed by atoms with Gasteiger partial charge in [-0.1, -0.05) is 51.1 Å². The molecule has 3 heteroatoms. The number of hydrogen-bond acceptors (Lipinski definition) is 3. The van der Waals surface area contributed by atoms with E-state index in [9.17, 15) is 15.3 Å². The highest BCUT2D eigenvalue weighted by molar-refractivity contribution is 5.61. The molecule has 1 aliphatic rings. The molecule has 0 aliphatic heterocycles. The van der Waals surface area contributed by atoms with E-state index in [4.69, 9.17) is 0 Å². The third kappa shape index (κ3) is 2.80. The molecular weight excluding hydrogens is 284 g/mol. The Morgan fingerprint density at radius 2 is 1.78 bits per heavy atom. The van der Waals surface area contributed by atoms with Crippen LogP contribution >= 0.6 is 0 Å². The summed E-state index contributed by atoms with van der Waals surface area (Å²) in [5.41, 5.74) is 0.918. The molecule has 0 heterocycles. The minimum absolute atomic E-state index is 0.0312. The van der Waals surface area contributed by atoms with E-state index in [2.05, 4.69) is 39.5 Å². The number of rotatable bonds is 3. The molecule has 0 aromatic heterocycles. The Morgan fingerprint density at radius 1 is 1.22 bits per heavy atom. The molecule has 1 aliphatic carbocycles. The standard InChI is InChI=1S/C20H22N2O/c1-5-14-10-20(12-21,13-22)18(17(14)11-23)15-6-8-16(9-7-15)19(2,3)4/h5-9,11,14,17-18H,1,10H2,2-4H3/t14-,17-,18+/m0/s1. The number of benzene rings is 1. The van der Waals surface area contributed by atoms with Gasteiger partial charge in [0.05, 0.1) is 12.1 Å². The van der Waals surface area contributed by atoms with E-state index in [-0.39, 0.29) is 17.3 Å². The zero-order valence-electron chi connectivity index (χ0n) is 13.9. The van der Waals surface area contributed by atoms with Crippen LogP contribution in [0.2, 0.25) is 0 Å². The second-order valence-electron chi connectivity index (χ2n) is 7.36. The molecule has 0 unspecified atom stereocenters. The van der Waals surface area contributed by atoms with Gasteiger partial charge in [-0.05, 0) is 28.9 Å². The SMILES string of the molecule is C=C[C@H]1CC(C#N)(C#N)[C@H](c2ccc(C(C)(C)C)cc2)[C@H]1C=O. The largest absolute Gasteiger partial charge is 0.303 e. The summed E-state index contributed by atoms with van der Waals surface area (Å²) in [5.74, 6) is -0.932. The van der Waals surface area contributed by atoms with Crippen molar-refractivity contribution in [3.63, 3.8) is 0 Å². The molecule has 1 fully saturated rings. The van der Waals surface area contributed by atoms with E-state index < -0.39 is 11.3 Å². The van der Waals surface area contributed by atoms with Crippen LogP contribution in [-0.4, -0.2) is 6.29 Å². The molecule has 0 bridgehead atoms. The third-order valence-corrected chi connectivity index (χ3v) is 4.96. The first-order valence-electron chi connectivity index (χ1n) is 7.84. The number of allylic oxidation sites excluding steroid dienone is 1. The first kappa shape index (κ1) is 17.0. The number of carbonyl (C=O) groups excluding carboxylic acids is 1. The van der Waals surface area contributed by atoms with Crippen LogP contribution in [0.4, 0.5) is 0 Å². The topological polar surface area (TPSA) is 64.7 Å². The fourth-order valence-electron chi connectivity index (χ4n) is 3.58. The van der Waals surface area contributed by atoms with Gasteiger partial charge >= 0.3 is 0 Å². The fourth-order valence-corrected chi connectivity index (χ4v) is 3.58. The minimum Gasteiger partial charge on any atom is -0.303 e. The van der Waals surface area contributed by atoms with Crippen LogP contribution in [0, 0.1) is 39.9 Å². The van der Waals surface area contributed by atoms with Crippen molar-refractivity contribution in [2.45, 2.75) is 38.5 Å². The lowest BCUT2D eigenvalue weighted by molar-refractivity contribution is -0.112. The van der Waals surface area contributed by atoms with Crippen LogP contribution in [0.3, 0.4) is 0 Å². The predicted molar refractivity (Wildman–Crippen MR) is 89.4 cm³/mol. The Balaban J connectivity index is 2.53. The van der Waals surface area contributed by atoms with Crippen LogP contribution < -0.4 is 0 Å². The van der Waals surface area contributed by atoms with Gasteiger partial charge in [0, 0.05) is 11.8 Å². The fraction of sp³-hybridized carbons (Fsp3) is 0.450. The first-order valence-corrected chi connectivity index (χ1v) is 7.84. The van der Waals surface area contributed by atoms with Crippen LogP contribution in [0.5, 0.6) is 0 Å². The molecule has 23 heavy (non-hydrogen) atoms. The number of hydrogen-bond donors (Lipinski definition) is 0. The van der Waals surface area contributed by atoms with Crippen molar-refractivity contribution in [3.05, 3.63) is 48.0 Å². The molecule has 118 valence electrons. The van der Waals surface area contributed by atoms with E-state index in [1.807, 2.05) is 24.3 Å². The Kier molecular flexibility index (Phi) is 4.44. The van der Waals surface area contributed by atoms with Gasteiger partial charge in [0.1, 0.15) is 6.29 Å². The van der Waals surface area contributed by atoms with Crippen molar-refractivity contribution in [1.29, 1.82) is 10.5 Å². The van der Waals surface area contributed by atoms with Gasteiger partial charge in [0.15, 0.2) is 5.41 Å². The van der Waals surface area contributed by atoms with E-state index in [1.165, 1.54) is 5.56 Å². The number of nitriles is 2. The summed E-state index contributed by atoms with van der Waals surface area (Å²) in [6, 6.07) is 12.3. The highest BCUT2D eigenvalue weighted by atomic mass is 16.1. The van der Waals surface area contributed by atoms with Gasteiger partial charge in [0.25, 0.3) is 0 Å². The average molecular weight is 306 g/mol. The lowest BCUT2D eigenvalue weighted by Crippen LogP contribution is -2.24. The minimum atomic E-state index is -1.17. The normalized spacial score (nSPS) is 26.0. The van der Waals surface area contributed by atoms with Gasteiger partial charge in [-0.2, -0.15) is 10.5 Å². The monoisotopic (exact) mass is 306 g/mol. The Morgan fingerprint density at radius 3 is 2.17 bits per heavy atom. The summed E-state index contributed by atoms with van der Waals surface area (Å²) in [5, 5.41) is 19.3. The average Bonchev–Trinajstić information content (AvgIpc) is 2.88. The summed E-state index contributed by atoms with van der Waals surface area (Å²) in [6.45, 7) is 10.2. The van der Waals surface area contributed by atoms with Crippen molar-refractivity contribution in [2.24, 2.45) is 17.3 Å². The van der Waals surface area contributed by atoms with Crippen LogP contribution in [0.15, 0.2) is 36.9 Å². The lowest BCUT2D eigenvalue weighted by atomic mass is 9.73. The molecule has 0 saturated heterocycles. The summed E-state index contributed by atoms with van der Waals surface area (Å²) in [4.78, 5) is 11.6. The summed E-state index contributed by atoms with van der Waals surface area (Å²) in [6.07, 6.45) is 2.94. The molecule has 0 N–H and O–H groups in total. The highest BCUT2D eigenvalue weighted by Gasteiger charge is 2.54. The highest BCUT2D eigenvalue weighted by Crippen LogP contribution is 2.54. The van der Waals surface area contributed by atoms with Gasteiger partial charge in [0.2, 0.25) is 0 Å². The number of carbonyl (C=O) groups is 1. The zero-order chi connectivity index (χ0) is 17.3. The maximum atomic E-state index is 11.6. The quantitative estimate of drug-likeness (QED) is 0.623. The molecule has 3 atom stereocenters. The van der Waals surface area contributed by atoms with Gasteiger partial charge in [-0.25, -0.2) is 0 Å². The molecule has 0 amide bonds. The van der Waals surface area contributed by atoms with Crippen LogP contribution in [0.25, 0.3) is 0 Å². The second-order valence-corrected chi connectivity index (χ2v) is 7.36. The Bertz CT molecular complexity index is 668. The number of aldehydes is 1. The van der Waals surface area contributed by atoms with E-state index >= 15 is 0 Å². The summed E-state index contributed by atoms with van der Waals surface area (Å²) in [7, 11) is 0. The predicted octanol–water partition coefficient (Wildman–Crippen LogP) is 4.12. The van der Waals surface area contributed by atoms with Crippen molar-refractivity contribution in [2.75, 3.05) is 0 Å². The van der Waals surface area contributed by atoms with Gasteiger partial charge in [-0.3, -0.25) is 0 Å². The molecule has 1 saturated carbocycles.